The van der Waals surface area contributed by atoms with Crippen LogP contribution in [0.15, 0.2) is 18.2 Å². The highest BCUT2D eigenvalue weighted by Crippen LogP contribution is 2.27. The van der Waals surface area contributed by atoms with Crippen LogP contribution in [0.25, 0.3) is 0 Å². The maximum Gasteiger partial charge on any atom is 0.344 e. The van der Waals surface area contributed by atoms with Crippen molar-refractivity contribution in [1.82, 2.24) is 0 Å². The Morgan fingerprint density at radius 3 is 2.94 bits per heavy atom. The molecule has 17 heavy (non-hydrogen) atoms. The van der Waals surface area contributed by atoms with Crippen molar-refractivity contribution in [2.45, 2.75) is 25.9 Å². The average Bonchev–Trinajstić information content (AvgIpc) is 2.28. The number of anilines is 1. The van der Waals surface area contributed by atoms with E-state index in [1.807, 2.05) is 6.07 Å². The van der Waals surface area contributed by atoms with Crippen molar-refractivity contribution in [3.05, 3.63) is 23.8 Å². The minimum atomic E-state index is -1.02. The maximum absolute atomic E-state index is 11.2. The molecule has 90 valence electrons. The number of rotatable bonds is 3. The number of fused-ring (bicyclic) bond motifs is 1. The number of carbonyl (C=O) groups is 2. The normalized spacial score (nSPS) is 15.7. The zero-order valence-corrected chi connectivity index (χ0v) is 9.40. The molecule has 0 aromatic heterocycles. The average molecular weight is 235 g/mol. The van der Waals surface area contributed by atoms with Crippen LogP contribution in [0.2, 0.25) is 0 Å². The monoisotopic (exact) mass is 235 g/mol. The Bertz CT molecular complexity index is 470. The number of hydrogen-bond acceptors (Lipinski definition) is 3. The third-order valence-electron chi connectivity index (χ3n) is 2.64. The highest BCUT2D eigenvalue weighted by Gasteiger charge is 2.17. The van der Waals surface area contributed by atoms with Gasteiger partial charge in [-0.25, -0.2) is 4.79 Å². The molecule has 1 aromatic rings. The summed E-state index contributed by atoms with van der Waals surface area (Å²) in [5, 5.41) is 11.5. The second kappa shape index (κ2) is 4.45. The molecule has 2 rings (SSSR count). The highest BCUT2D eigenvalue weighted by molar-refractivity contribution is 5.94. The van der Waals surface area contributed by atoms with Crippen LogP contribution in [-0.2, 0) is 16.0 Å². The number of aliphatic carboxylic acids is 1. The SMILES string of the molecule is CC(Oc1ccc2c(c1)NC(=O)CC2)C(=O)O. The largest absolute Gasteiger partial charge is 0.479 e. The third-order valence-corrected chi connectivity index (χ3v) is 2.64. The van der Waals surface area contributed by atoms with Gasteiger partial charge >= 0.3 is 5.97 Å². The van der Waals surface area contributed by atoms with Gasteiger partial charge in [-0.2, -0.15) is 0 Å². The Balaban J connectivity index is 2.18. The molecule has 0 aliphatic carbocycles. The van der Waals surface area contributed by atoms with Gasteiger partial charge in [0, 0.05) is 18.2 Å². The second-order valence-corrected chi connectivity index (χ2v) is 3.97. The molecule has 0 spiro atoms. The zero-order valence-electron chi connectivity index (χ0n) is 9.40. The van der Waals surface area contributed by atoms with E-state index in [0.717, 1.165) is 5.56 Å². The number of amides is 1. The third kappa shape index (κ3) is 2.55. The summed E-state index contributed by atoms with van der Waals surface area (Å²) >= 11 is 0. The summed E-state index contributed by atoms with van der Waals surface area (Å²) < 4.78 is 5.23. The summed E-state index contributed by atoms with van der Waals surface area (Å²) in [6, 6.07) is 5.22. The summed E-state index contributed by atoms with van der Waals surface area (Å²) in [5.41, 5.74) is 1.75. The lowest BCUT2D eigenvalue weighted by Crippen LogP contribution is -2.23. The molecule has 5 heteroatoms. The smallest absolute Gasteiger partial charge is 0.344 e. The Hall–Kier alpha value is -2.04. The molecule has 1 aliphatic heterocycles. The minimum absolute atomic E-state index is 0.0269. The van der Waals surface area contributed by atoms with E-state index in [9.17, 15) is 9.59 Å². The number of carboxylic acids is 1. The Morgan fingerprint density at radius 2 is 2.24 bits per heavy atom. The molecule has 1 aliphatic rings. The summed E-state index contributed by atoms with van der Waals surface area (Å²) in [6.45, 7) is 1.46. The highest BCUT2D eigenvalue weighted by atomic mass is 16.5. The lowest BCUT2D eigenvalue weighted by atomic mass is 10.0. The van der Waals surface area contributed by atoms with E-state index in [4.69, 9.17) is 9.84 Å². The van der Waals surface area contributed by atoms with Crippen LogP contribution in [0.4, 0.5) is 5.69 Å². The van der Waals surface area contributed by atoms with Gasteiger partial charge in [0.05, 0.1) is 0 Å². The molecule has 1 atom stereocenters. The molecule has 5 nitrogen and oxygen atoms in total. The van der Waals surface area contributed by atoms with Gasteiger partial charge in [-0.05, 0) is 25.0 Å². The molecule has 1 heterocycles. The van der Waals surface area contributed by atoms with E-state index >= 15 is 0 Å². The van der Waals surface area contributed by atoms with Gasteiger partial charge in [0.2, 0.25) is 5.91 Å². The number of carbonyl (C=O) groups excluding carboxylic acids is 1. The van der Waals surface area contributed by atoms with E-state index < -0.39 is 12.1 Å². The van der Waals surface area contributed by atoms with Crippen LogP contribution in [0.1, 0.15) is 18.9 Å². The van der Waals surface area contributed by atoms with Gasteiger partial charge in [0.1, 0.15) is 5.75 Å². The predicted molar refractivity (Wildman–Crippen MR) is 61.1 cm³/mol. The second-order valence-electron chi connectivity index (χ2n) is 3.97. The van der Waals surface area contributed by atoms with Crippen molar-refractivity contribution in [2.24, 2.45) is 0 Å². The summed E-state index contributed by atoms with van der Waals surface area (Å²) in [7, 11) is 0. The molecule has 2 N–H and O–H groups in total. The number of ether oxygens (including phenoxy) is 1. The Morgan fingerprint density at radius 1 is 1.47 bits per heavy atom. The lowest BCUT2D eigenvalue weighted by molar-refractivity contribution is -0.144. The standard InChI is InChI=1S/C12H13NO4/c1-7(12(15)16)17-9-4-2-8-3-5-11(14)13-10(8)6-9/h2,4,6-7H,3,5H2,1H3,(H,13,14)(H,15,16). The number of carboxylic acid groups (broad SMARTS) is 1. The molecule has 0 radical (unpaired) electrons. The quantitative estimate of drug-likeness (QED) is 0.830. The maximum atomic E-state index is 11.2. The number of hydrogen-bond donors (Lipinski definition) is 2. The van der Waals surface area contributed by atoms with E-state index in [-0.39, 0.29) is 5.91 Å². The first kappa shape index (κ1) is 11.4. The zero-order chi connectivity index (χ0) is 12.4. The molecule has 0 saturated heterocycles. The molecule has 1 unspecified atom stereocenters. The van der Waals surface area contributed by atoms with Crippen LogP contribution in [0, 0.1) is 0 Å². The van der Waals surface area contributed by atoms with Gasteiger partial charge in [-0.1, -0.05) is 6.07 Å². The van der Waals surface area contributed by atoms with E-state index in [2.05, 4.69) is 5.32 Å². The van der Waals surface area contributed by atoms with Crippen molar-refractivity contribution in [3.8, 4) is 5.75 Å². The summed E-state index contributed by atoms with van der Waals surface area (Å²) in [5.74, 6) is -0.603. The fourth-order valence-corrected chi connectivity index (χ4v) is 1.68. The molecule has 0 fully saturated rings. The summed E-state index contributed by atoms with van der Waals surface area (Å²) in [6.07, 6.45) is 0.279. The van der Waals surface area contributed by atoms with Gasteiger partial charge in [-0.3, -0.25) is 4.79 Å². The molecular weight excluding hydrogens is 222 g/mol. The number of aryl methyl sites for hydroxylation is 1. The van der Waals surface area contributed by atoms with Gasteiger partial charge in [-0.15, -0.1) is 0 Å². The Labute approximate surface area is 98.4 Å². The van der Waals surface area contributed by atoms with Crippen LogP contribution < -0.4 is 10.1 Å². The lowest BCUT2D eigenvalue weighted by Gasteiger charge is -2.18. The van der Waals surface area contributed by atoms with Crippen molar-refractivity contribution in [2.75, 3.05) is 5.32 Å². The van der Waals surface area contributed by atoms with Gasteiger partial charge in [0.15, 0.2) is 6.10 Å². The Kier molecular flexibility index (Phi) is 2.99. The molecule has 1 amide bonds. The number of nitrogens with one attached hydrogen (secondary N) is 1. The summed E-state index contributed by atoms with van der Waals surface area (Å²) in [4.78, 5) is 21.9. The first-order valence-electron chi connectivity index (χ1n) is 5.38. The first-order valence-corrected chi connectivity index (χ1v) is 5.38. The van der Waals surface area contributed by atoms with Crippen molar-refractivity contribution >= 4 is 17.6 Å². The van der Waals surface area contributed by atoms with Gasteiger partial charge in [0.25, 0.3) is 0 Å². The van der Waals surface area contributed by atoms with Gasteiger partial charge < -0.3 is 15.2 Å². The fourth-order valence-electron chi connectivity index (χ4n) is 1.68. The molecular formula is C12H13NO4. The van der Waals surface area contributed by atoms with Crippen LogP contribution in [0.5, 0.6) is 5.75 Å². The van der Waals surface area contributed by atoms with Crippen LogP contribution in [-0.4, -0.2) is 23.1 Å². The van der Waals surface area contributed by atoms with E-state index in [1.54, 1.807) is 12.1 Å². The molecule has 0 bridgehead atoms. The van der Waals surface area contributed by atoms with Crippen molar-refractivity contribution in [3.63, 3.8) is 0 Å². The van der Waals surface area contributed by atoms with Crippen LogP contribution in [0.3, 0.4) is 0 Å². The van der Waals surface area contributed by atoms with E-state index in [1.165, 1.54) is 6.92 Å². The first-order chi connectivity index (χ1) is 8.06. The minimum Gasteiger partial charge on any atom is -0.479 e. The predicted octanol–water partition coefficient (Wildman–Crippen LogP) is 1.42. The van der Waals surface area contributed by atoms with E-state index in [0.29, 0.717) is 24.3 Å². The fraction of sp³-hybridized carbons (Fsp3) is 0.333. The van der Waals surface area contributed by atoms with Crippen LogP contribution >= 0.6 is 0 Å². The molecule has 1 aromatic carbocycles. The van der Waals surface area contributed by atoms with Crippen molar-refractivity contribution < 1.29 is 19.4 Å². The molecule has 0 saturated carbocycles. The van der Waals surface area contributed by atoms with Crippen molar-refractivity contribution in [1.29, 1.82) is 0 Å². The number of benzene rings is 1. The topological polar surface area (TPSA) is 75.6 Å².